The van der Waals surface area contributed by atoms with E-state index >= 15 is 0 Å². The maximum Gasteiger partial charge on any atom is 0.0727 e. The standard InChI is InChI=1S/C18H25N3/c1-4-21(5-2)13-10-11-17-15(12-13)18(19-3)14-8-6-7-9-16(14)20-17/h10-12H,4-9H2,1-3H3,(H,19,20). The van der Waals surface area contributed by atoms with Crippen LogP contribution in [0.2, 0.25) is 0 Å². The number of fused-ring (bicyclic) bond motifs is 2. The number of aryl methyl sites for hydroxylation is 1. The molecule has 0 atom stereocenters. The van der Waals surface area contributed by atoms with Crippen LogP contribution in [0.1, 0.15) is 37.9 Å². The number of anilines is 2. The van der Waals surface area contributed by atoms with Crippen LogP contribution in [0, 0.1) is 0 Å². The second-order valence-corrected chi connectivity index (χ2v) is 5.74. The molecule has 3 rings (SSSR count). The number of hydrogen-bond donors (Lipinski definition) is 1. The highest BCUT2D eigenvalue weighted by Gasteiger charge is 2.18. The molecule has 0 amide bonds. The fourth-order valence-electron chi connectivity index (χ4n) is 3.48. The molecule has 0 saturated carbocycles. The van der Waals surface area contributed by atoms with E-state index in [1.807, 2.05) is 7.05 Å². The van der Waals surface area contributed by atoms with Crippen molar-refractivity contribution < 1.29 is 0 Å². The van der Waals surface area contributed by atoms with Crippen LogP contribution in [0.3, 0.4) is 0 Å². The van der Waals surface area contributed by atoms with Crippen molar-refractivity contribution in [2.45, 2.75) is 39.5 Å². The van der Waals surface area contributed by atoms with Crippen molar-refractivity contribution in [1.29, 1.82) is 0 Å². The summed E-state index contributed by atoms with van der Waals surface area (Å²) in [6, 6.07) is 6.69. The lowest BCUT2D eigenvalue weighted by atomic mass is 9.92. The molecule has 1 aliphatic carbocycles. The molecule has 0 radical (unpaired) electrons. The molecule has 112 valence electrons. The number of hydrogen-bond acceptors (Lipinski definition) is 3. The van der Waals surface area contributed by atoms with Crippen LogP contribution >= 0.6 is 0 Å². The number of nitrogens with zero attached hydrogens (tertiary/aromatic N) is 2. The van der Waals surface area contributed by atoms with Crippen LogP contribution in [0.5, 0.6) is 0 Å². The Balaban J connectivity index is 2.19. The first-order valence-electron chi connectivity index (χ1n) is 8.16. The molecular formula is C18H25N3. The highest BCUT2D eigenvalue weighted by atomic mass is 15.1. The molecule has 0 aliphatic heterocycles. The number of aromatic nitrogens is 1. The number of benzene rings is 1. The lowest BCUT2D eigenvalue weighted by Gasteiger charge is -2.24. The maximum absolute atomic E-state index is 4.92. The average Bonchev–Trinajstić information content (AvgIpc) is 2.53. The number of rotatable bonds is 4. The summed E-state index contributed by atoms with van der Waals surface area (Å²) in [6.45, 7) is 6.49. The zero-order valence-electron chi connectivity index (χ0n) is 13.4. The van der Waals surface area contributed by atoms with Gasteiger partial charge in [-0.05, 0) is 63.3 Å². The van der Waals surface area contributed by atoms with Gasteiger partial charge >= 0.3 is 0 Å². The smallest absolute Gasteiger partial charge is 0.0727 e. The van der Waals surface area contributed by atoms with E-state index in [1.54, 1.807) is 0 Å². The van der Waals surface area contributed by atoms with Crippen molar-refractivity contribution in [1.82, 2.24) is 4.98 Å². The Morgan fingerprint density at radius 2 is 1.90 bits per heavy atom. The van der Waals surface area contributed by atoms with Crippen molar-refractivity contribution in [2.24, 2.45) is 0 Å². The maximum atomic E-state index is 4.92. The van der Waals surface area contributed by atoms with Gasteiger partial charge in [-0.3, -0.25) is 4.98 Å². The van der Waals surface area contributed by atoms with E-state index in [1.165, 1.54) is 40.9 Å². The molecule has 0 bridgehead atoms. The van der Waals surface area contributed by atoms with Gasteiger partial charge in [-0.25, -0.2) is 0 Å². The lowest BCUT2D eigenvalue weighted by Crippen LogP contribution is -2.21. The molecule has 3 nitrogen and oxygen atoms in total. The van der Waals surface area contributed by atoms with Crippen LogP contribution in [0.25, 0.3) is 10.9 Å². The second kappa shape index (κ2) is 5.92. The summed E-state index contributed by atoms with van der Waals surface area (Å²) in [6.07, 6.45) is 4.83. The minimum absolute atomic E-state index is 1.04. The molecule has 0 spiro atoms. The first-order valence-corrected chi connectivity index (χ1v) is 8.16. The van der Waals surface area contributed by atoms with Gasteiger partial charge < -0.3 is 10.2 Å². The molecule has 0 unspecified atom stereocenters. The Bertz CT molecular complexity index is 644. The first-order chi connectivity index (χ1) is 10.3. The van der Waals surface area contributed by atoms with E-state index < -0.39 is 0 Å². The summed E-state index contributed by atoms with van der Waals surface area (Å²) >= 11 is 0. The van der Waals surface area contributed by atoms with Gasteiger partial charge in [-0.1, -0.05) is 0 Å². The molecule has 0 fully saturated rings. The summed E-state index contributed by atoms with van der Waals surface area (Å²) in [5, 5.41) is 4.71. The third kappa shape index (κ3) is 2.45. The minimum Gasteiger partial charge on any atom is -0.387 e. The predicted octanol–water partition coefficient (Wildman–Crippen LogP) is 4.00. The van der Waals surface area contributed by atoms with Gasteiger partial charge in [0.2, 0.25) is 0 Å². The van der Waals surface area contributed by atoms with Crippen LogP contribution < -0.4 is 10.2 Å². The summed E-state index contributed by atoms with van der Waals surface area (Å²) in [4.78, 5) is 7.31. The van der Waals surface area contributed by atoms with Crippen molar-refractivity contribution in [3.63, 3.8) is 0 Å². The van der Waals surface area contributed by atoms with Crippen molar-refractivity contribution in [3.8, 4) is 0 Å². The predicted molar refractivity (Wildman–Crippen MR) is 91.5 cm³/mol. The SMILES string of the molecule is CCN(CC)c1ccc2nc3c(c(NC)c2c1)CCCC3. The van der Waals surface area contributed by atoms with E-state index in [-0.39, 0.29) is 0 Å². The van der Waals surface area contributed by atoms with E-state index in [2.05, 4.69) is 42.3 Å². The fraction of sp³-hybridized carbons (Fsp3) is 0.500. The second-order valence-electron chi connectivity index (χ2n) is 5.74. The Labute approximate surface area is 127 Å². The molecule has 1 aliphatic rings. The monoisotopic (exact) mass is 283 g/mol. The molecule has 1 aromatic carbocycles. The summed E-state index contributed by atoms with van der Waals surface area (Å²) in [7, 11) is 2.04. The average molecular weight is 283 g/mol. The molecule has 1 aromatic heterocycles. The van der Waals surface area contributed by atoms with Gasteiger partial charge in [-0.15, -0.1) is 0 Å². The number of pyridine rings is 1. The summed E-state index contributed by atoms with van der Waals surface area (Å²) in [5.74, 6) is 0. The Morgan fingerprint density at radius 3 is 2.62 bits per heavy atom. The fourth-order valence-corrected chi connectivity index (χ4v) is 3.48. The van der Waals surface area contributed by atoms with Gasteiger partial charge in [0.15, 0.2) is 0 Å². The van der Waals surface area contributed by atoms with Crippen molar-refractivity contribution >= 4 is 22.3 Å². The van der Waals surface area contributed by atoms with Crippen LogP contribution in [-0.2, 0) is 12.8 Å². The van der Waals surface area contributed by atoms with Gasteiger partial charge in [0.1, 0.15) is 0 Å². The molecule has 0 saturated heterocycles. The van der Waals surface area contributed by atoms with Gasteiger partial charge in [-0.2, -0.15) is 0 Å². The lowest BCUT2D eigenvalue weighted by molar-refractivity contribution is 0.672. The number of nitrogens with one attached hydrogen (secondary N) is 1. The van der Waals surface area contributed by atoms with E-state index in [0.717, 1.165) is 31.4 Å². The largest absolute Gasteiger partial charge is 0.387 e. The summed E-state index contributed by atoms with van der Waals surface area (Å²) < 4.78 is 0. The van der Waals surface area contributed by atoms with E-state index in [4.69, 9.17) is 4.98 Å². The van der Waals surface area contributed by atoms with Gasteiger partial charge in [0, 0.05) is 42.6 Å². The molecule has 1 heterocycles. The van der Waals surface area contributed by atoms with Gasteiger partial charge in [0.25, 0.3) is 0 Å². The quantitative estimate of drug-likeness (QED) is 0.919. The molecule has 3 heteroatoms. The zero-order chi connectivity index (χ0) is 14.8. The van der Waals surface area contributed by atoms with E-state index in [0.29, 0.717) is 0 Å². The normalized spacial score (nSPS) is 14.0. The minimum atomic E-state index is 1.04. The van der Waals surface area contributed by atoms with Crippen LogP contribution in [0.4, 0.5) is 11.4 Å². The van der Waals surface area contributed by atoms with E-state index in [9.17, 15) is 0 Å². The molecule has 21 heavy (non-hydrogen) atoms. The topological polar surface area (TPSA) is 28.2 Å². The third-order valence-corrected chi connectivity index (χ3v) is 4.62. The summed E-state index contributed by atoms with van der Waals surface area (Å²) in [5.41, 5.74) is 6.45. The van der Waals surface area contributed by atoms with Crippen molar-refractivity contribution in [3.05, 3.63) is 29.5 Å². The molecule has 1 N–H and O–H groups in total. The highest BCUT2D eigenvalue weighted by Crippen LogP contribution is 2.34. The molecular weight excluding hydrogens is 258 g/mol. The zero-order valence-corrected chi connectivity index (χ0v) is 13.4. The van der Waals surface area contributed by atoms with Crippen molar-refractivity contribution in [2.75, 3.05) is 30.4 Å². The Hall–Kier alpha value is -1.77. The Morgan fingerprint density at radius 1 is 1.14 bits per heavy atom. The third-order valence-electron chi connectivity index (χ3n) is 4.62. The molecule has 2 aromatic rings. The van der Waals surface area contributed by atoms with Crippen LogP contribution in [-0.4, -0.2) is 25.1 Å². The Kier molecular flexibility index (Phi) is 4.00. The first kappa shape index (κ1) is 14.2. The van der Waals surface area contributed by atoms with Crippen LogP contribution in [0.15, 0.2) is 18.2 Å². The van der Waals surface area contributed by atoms with Gasteiger partial charge in [0.05, 0.1) is 5.52 Å². The highest BCUT2D eigenvalue weighted by molar-refractivity contribution is 5.95.